The van der Waals surface area contributed by atoms with E-state index >= 15 is 0 Å². The molecule has 0 saturated heterocycles. The van der Waals surface area contributed by atoms with Crippen molar-refractivity contribution in [3.63, 3.8) is 0 Å². The van der Waals surface area contributed by atoms with Crippen LogP contribution in [0.15, 0.2) is 36.7 Å². The van der Waals surface area contributed by atoms with Crippen molar-refractivity contribution in [2.45, 2.75) is 0 Å². The molecule has 0 fully saturated rings. The first kappa shape index (κ1) is 13.6. The Morgan fingerprint density at radius 2 is 2.05 bits per heavy atom. The van der Waals surface area contributed by atoms with E-state index in [4.69, 9.17) is 10.5 Å². The van der Waals surface area contributed by atoms with Gasteiger partial charge in [0, 0.05) is 26.4 Å². The molecule has 7 nitrogen and oxygen atoms in total. The topological polar surface area (TPSA) is 93.4 Å². The van der Waals surface area contributed by atoms with Crippen LogP contribution < -0.4 is 15.8 Å². The highest BCUT2D eigenvalue weighted by Crippen LogP contribution is 2.22. The average molecular weight is 273 g/mol. The number of hydrogen-bond acceptors (Lipinski definition) is 5. The van der Waals surface area contributed by atoms with Gasteiger partial charge in [-0.1, -0.05) is 0 Å². The Balaban J connectivity index is 2.09. The molecule has 2 rings (SSSR count). The summed E-state index contributed by atoms with van der Waals surface area (Å²) >= 11 is 0. The number of ether oxygens (including phenoxy) is 1. The van der Waals surface area contributed by atoms with Gasteiger partial charge in [0.05, 0.1) is 6.20 Å². The lowest BCUT2D eigenvalue weighted by Gasteiger charge is -2.12. The van der Waals surface area contributed by atoms with Crippen LogP contribution in [0.3, 0.4) is 0 Å². The van der Waals surface area contributed by atoms with E-state index in [9.17, 15) is 4.79 Å². The van der Waals surface area contributed by atoms with Gasteiger partial charge in [-0.15, -0.1) is 0 Å². The van der Waals surface area contributed by atoms with E-state index in [1.54, 1.807) is 44.6 Å². The third kappa shape index (κ3) is 3.58. The third-order valence-corrected chi connectivity index (χ3v) is 2.37. The molecule has 0 atom stereocenters. The van der Waals surface area contributed by atoms with Gasteiger partial charge >= 0.3 is 6.03 Å². The van der Waals surface area contributed by atoms with E-state index in [0.29, 0.717) is 23.1 Å². The molecule has 0 saturated carbocycles. The summed E-state index contributed by atoms with van der Waals surface area (Å²) in [5.74, 6) is 1.92. The van der Waals surface area contributed by atoms with Crippen molar-refractivity contribution in [3.05, 3.63) is 36.7 Å². The lowest BCUT2D eigenvalue weighted by Crippen LogP contribution is -2.27. The summed E-state index contributed by atoms with van der Waals surface area (Å²) in [5.41, 5.74) is 5.50. The van der Waals surface area contributed by atoms with Gasteiger partial charge in [0.25, 0.3) is 0 Å². The Morgan fingerprint density at radius 3 is 2.70 bits per heavy atom. The molecule has 104 valence electrons. The summed E-state index contributed by atoms with van der Waals surface area (Å²) in [7, 11) is 3.30. The summed E-state index contributed by atoms with van der Waals surface area (Å²) in [5, 5.41) is 2.64. The van der Waals surface area contributed by atoms with Gasteiger partial charge < -0.3 is 15.4 Å². The minimum Gasteiger partial charge on any atom is -0.456 e. The molecule has 0 aliphatic heterocycles. The van der Waals surface area contributed by atoms with Crippen LogP contribution in [0.2, 0.25) is 0 Å². The predicted octanol–water partition coefficient (Wildman–Crippen LogP) is 1.94. The number of hydrogen-bond donors (Lipinski definition) is 2. The number of carbonyl (C=O) groups is 1. The fraction of sp³-hybridized carbons (Fsp3) is 0.154. The van der Waals surface area contributed by atoms with Crippen LogP contribution in [0.4, 0.5) is 16.4 Å². The molecule has 0 unspecified atom stereocenters. The Labute approximate surface area is 116 Å². The van der Waals surface area contributed by atoms with Gasteiger partial charge in [-0.05, 0) is 18.2 Å². The second-order valence-electron chi connectivity index (χ2n) is 4.22. The average Bonchev–Trinajstić information content (AvgIpc) is 2.42. The fourth-order valence-corrected chi connectivity index (χ4v) is 1.35. The lowest BCUT2D eigenvalue weighted by atomic mass is 10.4. The van der Waals surface area contributed by atoms with Crippen molar-refractivity contribution in [1.29, 1.82) is 0 Å². The van der Waals surface area contributed by atoms with Gasteiger partial charge in [0.1, 0.15) is 23.1 Å². The highest BCUT2D eigenvalue weighted by molar-refractivity contribution is 5.88. The first-order chi connectivity index (χ1) is 9.54. The Kier molecular flexibility index (Phi) is 3.99. The van der Waals surface area contributed by atoms with Gasteiger partial charge in [-0.3, -0.25) is 5.32 Å². The van der Waals surface area contributed by atoms with Crippen molar-refractivity contribution >= 4 is 17.7 Å². The maximum atomic E-state index is 11.5. The van der Waals surface area contributed by atoms with E-state index in [2.05, 4.69) is 15.3 Å². The van der Waals surface area contributed by atoms with Crippen molar-refractivity contribution in [2.75, 3.05) is 25.1 Å². The summed E-state index contributed by atoms with van der Waals surface area (Å²) in [6.07, 6.45) is 3.07. The normalized spacial score (nSPS) is 9.90. The first-order valence-corrected chi connectivity index (χ1v) is 5.88. The van der Waals surface area contributed by atoms with E-state index in [1.807, 2.05) is 0 Å². The maximum absolute atomic E-state index is 11.5. The summed E-state index contributed by atoms with van der Waals surface area (Å²) < 4.78 is 5.59. The SMILES string of the molecule is CN(C)C(=O)Nc1cc(Oc2ccc(N)nc2)ccn1. The molecule has 7 heteroatoms. The molecule has 20 heavy (non-hydrogen) atoms. The quantitative estimate of drug-likeness (QED) is 0.891. The molecular weight excluding hydrogens is 258 g/mol. The number of anilines is 2. The third-order valence-electron chi connectivity index (χ3n) is 2.37. The van der Waals surface area contributed by atoms with Crippen LogP contribution in [0.25, 0.3) is 0 Å². The second kappa shape index (κ2) is 5.87. The van der Waals surface area contributed by atoms with Gasteiger partial charge in [0.2, 0.25) is 0 Å². The summed E-state index contributed by atoms with van der Waals surface area (Å²) in [6.45, 7) is 0. The first-order valence-electron chi connectivity index (χ1n) is 5.88. The minimum absolute atomic E-state index is 0.260. The zero-order chi connectivity index (χ0) is 14.5. The smallest absolute Gasteiger partial charge is 0.322 e. The monoisotopic (exact) mass is 273 g/mol. The Morgan fingerprint density at radius 1 is 1.25 bits per heavy atom. The van der Waals surface area contributed by atoms with Crippen LogP contribution in [-0.2, 0) is 0 Å². The molecule has 3 N–H and O–H groups in total. The van der Waals surface area contributed by atoms with Crippen molar-refractivity contribution in [2.24, 2.45) is 0 Å². The zero-order valence-electron chi connectivity index (χ0n) is 11.2. The number of nitrogens with one attached hydrogen (secondary N) is 1. The minimum atomic E-state index is -0.260. The van der Waals surface area contributed by atoms with Gasteiger partial charge in [-0.2, -0.15) is 0 Å². The van der Waals surface area contributed by atoms with Crippen LogP contribution in [0.1, 0.15) is 0 Å². The fourth-order valence-electron chi connectivity index (χ4n) is 1.35. The van der Waals surface area contributed by atoms with Crippen molar-refractivity contribution in [1.82, 2.24) is 14.9 Å². The largest absolute Gasteiger partial charge is 0.456 e. The van der Waals surface area contributed by atoms with Crippen LogP contribution in [0, 0.1) is 0 Å². The highest BCUT2D eigenvalue weighted by atomic mass is 16.5. The number of rotatable bonds is 3. The number of nitrogen functional groups attached to an aromatic ring is 1. The molecule has 0 aromatic carbocycles. The number of carbonyl (C=O) groups excluding carboxylic acids is 1. The number of amides is 2. The number of nitrogens with zero attached hydrogens (tertiary/aromatic N) is 3. The Hall–Kier alpha value is -2.83. The summed E-state index contributed by atoms with van der Waals surface area (Å²) in [4.78, 5) is 20.9. The van der Waals surface area contributed by atoms with E-state index in [1.165, 1.54) is 11.1 Å². The molecule has 0 bridgehead atoms. The van der Waals surface area contributed by atoms with Crippen molar-refractivity contribution in [3.8, 4) is 11.5 Å². The second-order valence-corrected chi connectivity index (χ2v) is 4.22. The molecule has 2 aromatic rings. The Bertz CT molecular complexity index is 598. The van der Waals surface area contributed by atoms with Gasteiger partial charge in [-0.25, -0.2) is 14.8 Å². The lowest BCUT2D eigenvalue weighted by molar-refractivity contribution is 0.230. The molecule has 2 heterocycles. The maximum Gasteiger partial charge on any atom is 0.322 e. The van der Waals surface area contributed by atoms with Crippen molar-refractivity contribution < 1.29 is 9.53 Å². The van der Waals surface area contributed by atoms with E-state index in [-0.39, 0.29) is 6.03 Å². The molecule has 0 spiro atoms. The van der Waals surface area contributed by atoms with E-state index in [0.717, 1.165) is 0 Å². The van der Waals surface area contributed by atoms with Crippen LogP contribution >= 0.6 is 0 Å². The molecule has 2 amide bonds. The molecule has 0 aliphatic carbocycles. The van der Waals surface area contributed by atoms with E-state index < -0.39 is 0 Å². The predicted molar refractivity (Wildman–Crippen MR) is 75.7 cm³/mol. The molecule has 0 aliphatic rings. The highest BCUT2D eigenvalue weighted by Gasteiger charge is 2.06. The number of pyridine rings is 2. The van der Waals surface area contributed by atoms with Crippen LogP contribution in [-0.4, -0.2) is 35.0 Å². The number of urea groups is 1. The summed E-state index contributed by atoms with van der Waals surface area (Å²) in [6, 6.07) is 6.40. The number of aromatic nitrogens is 2. The molecule has 0 radical (unpaired) electrons. The zero-order valence-corrected chi connectivity index (χ0v) is 11.2. The van der Waals surface area contributed by atoms with Crippen LogP contribution in [0.5, 0.6) is 11.5 Å². The van der Waals surface area contributed by atoms with Gasteiger partial charge in [0.15, 0.2) is 0 Å². The standard InChI is InChI=1S/C13H15N5O2/c1-18(2)13(19)17-12-7-9(5-6-15-12)20-10-3-4-11(14)16-8-10/h3-8H,1-2H3,(H2,14,16)(H,15,17,19). The number of nitrogens with two attached hydrogens (primary N) is 1. The molecular formula is C13H15N5O2. The molecule has 2 aromatic heterocycles.